The average Bonchev–Trinajstić information content (AvgIpc) is 3.22. The number of carbonyl (C=O) groups is 2. The fourth-order valence-electron chi connectivity index (χ4n) is 3.33. The summed E-state index contributed by atoms with van der Waals surface area (Å²) in [6.45, 7) is 1.92. The molecule has 0 fully saturated rings. The molecule has 2 aromatic heterocycles. The lowest BCUT2D eigenvalue weighted by atomic mass is 10.0. The Bertz CT molecular complexity index is 1410. The smallest absolute Gasteiger partial charge is 0.341 e. The van der Waals surface area contributed by atoms with E-state index in [-0.39, 0.29) is 23.3 Å². The van der Waals surface area contributed by atoms with Crippen molar-refractivity contribution in [2.24, 2.45) is 0 Å². The molecule has 9 heteroatoms. The molecule has 33 heavy (non-hydrogen) atoms. The number of rotatable bonds is 6. The summed E-state index contributed by atoms with van der Waals surface area (Å²) >= 11 is 4.62. The molecule has 168 valence electrons. The number of fused-ring (bicyclic) bond motifs is 1. The Labute approximate surface area is 201 Å². The second-order valence-corrected chi connectivity index (χ2v) is 8.70. The van der Waals surface area contributed by atoms with Crippen LogP contribution in [0.5, 0.6) is 5.75 Å². The van der Waals surface area contributed by atoms with Crippen molar-refractivity contribution < 1.29 is 23.5 Å². The molecule has 0 saturated heterocycles. The molecule has 4 aromatic rings. The fraction of sp³-hybridized carbons (Fsp3) is 0.125. The summed E-state index contributed by atoms with van der Waals surface area (Å²) in [5.41, 5.74) is 1.83. The van der Waals surface area contributed by atoms with Crippen LogP contribution in [0, 0.1) is 5.41 Å². The lowest BCUT2D eigenvalue weighted by molar-refractivity contribution is 0.0529. The van der Waals surface area contributed by atoms with E-state index in [2.05, 4.69) is 21.2 Å². The molecule has 0 aliphatic carbocycles. The van der Waals surface area contributed by atoms with Crippen LogP contribution in [0.4, 0.5) is 5.00 Å². The highest BCUT2D eigenvalue weighted by Gasteiger charge is 2.24. The standard InChI is InChI=1S/C24H19BrN2O5S/c1-3-31-24(29)19-17(13-7-9-15(25)10-8-13)12-33-23(19)27-22(28)16-11-14-5-4-6-18(30-2)20(14)32-21(16)26/h4-12,26H,3H2,1-2H3,(H,27,28). The Morgan fingerprint density at radius 3 is 2.64 bits per heavy atom. The largest absolute Gasteiger partial charge is 0.493 e. The summed E-state index contributed by atoms with van der Waals surface area (Å²) in [5.74, 6) is -0.635. The van der Waals surface area contributed by atoms with Crippen molar-refractivity contribution in [2.75, 3.05) is 19.0 Å². The maximum absolute atomic E-state index is 13.1. The van der Waals surface area contributed by atoms with Crippen molar-refractivity contribution in [1.29, 1.82) is 5.41 Å². The van der Waals surface area contributed by atoms with Gasteiger partial charge in [-0.05, 0) is 36.8 Å². The van der Waals surface area contributed by atoms with Gasteiger partial charge in [-0.3, -0.25) is 10.2 Å². The van der Waals surface area contributed by atoms with Gasteiger partial charge in [0, 0.05) is 20.8 Å². The van der Waals surface area contributed by atoms with E-state index in [0.29, 0.717) is 27.3 Å². The van der Waals surface area contributed by atoms with Crippen LogP contribution >= 0.6 is 27.3 Å². The van der Waals surface area contributed by atoms with Crippen molar-refractivity contribution >= 4 is 55.1 Å². The first-order valence-corrected chi connectivity index (χ1v) is 11.6. The molecule has 2 heterocycles. The normalized spacial score (nSPS) is 10.8. The lowest BCUT2D eigenvalue weighted by Crippen LogP contribution is -2.21. The molecule has 0 radical (unpaired) electrons. The number of esters is 1. The first-order chi connectivity index (χ1) is 15.9. The summed E-state index contributed by atoms with van der Waals surface area (Å²) < 4.78 is 17.0. The maximum atomic E-state index is 13.1. The number of hydrogen-bond donors (Lipinski definition) is 2. The van der Waals surface area contributed by atoms with Crippen LogP contribution in [0.25, 0.3) is 22.1 Å². The zero-order valence-corrected chi connectivity index (χ0v) is 20.1. The van der Waals surface area contributed by atoms with Gasteiger partial charge in [-0.2, -0.15) is 0 Å². The molecular formula is C24H19BrN2O5S. The number of ether oxygens (including phenoxy) is 2. The van der Waals surface area contributed by atoms with E-state index in [4.69, 9.17) is 19.3 Å². The van der Waals surface area contributed by atoms with Crippen LogP contribution in [0.3, 0.4) is 0 Å². The third kappa shape index (κ3) is 4.55. The van der Waals surface area contributed by atoms with Crippen LogP contribution in [0.15, 0.2) is 62.8 Å². The van der Waals surface area contributed by atoms with Crippen molar-refractivity contribution in [3.05, 3.63) is 75.1 Å². The molecule has 0 aliphatic rings. The zero-order valence-electron chi connectivity index (χ0n) is 17.7. The summed E-state index contributed by atoms with van der Waals surface area (Å²) in [5, 5.41) is 13.7. The molecule has 2 N–H and O–H groups in total. The van der Waals surface area contributed by atoms with Crippen LogP contribution in [-0.2, 0) is 4.74 Å². The number of benzene rings is 2. The number of para-hydroxylation sites is 1. The molecule has 0 atom stereocenters. The van der Waals surface area contributed by atoms with Gasteiger partial charge in [0.25, 0.3) is 5.91 Å². The quantitative estimate of drug-likeness (QED) is 0.307. The van der Waals surface area contributed by atoms with Crippen molar-refractivity contribution in [1.82, 2.24) is 0 Å². The molecule has 1 amide bonds. The lowest BCUT2D eigenvalue weighted by Gasteiger charge is -2.10. The molecule has 0 bridgehead atoms. The van der Waals surface area contributed by atoms with E-state index < -0.39 is 11.9 Å². The van der Waals surface area contributed by atoms with Gasteiger partial charge in [0.2, 0.25) is 5.55 Å². The van der Waals surface area contributed by atoms with E-state index in [0.717, 1.165) is 10.0 Å². The van der Waals surface area contributed by atoms with Crippen molar-refractivity contribution in [3.63, 3.8) is 0 Å². The predicted octanol–water partition coefficient (Wildman–Crippen LogP) is 5.84. The average molecular weight is 527 g/mol. The Morgan fingerprint density at radius 2 is 1.94 bits per heavy atom. The topological polar surface area (TPSA) is 102 Å². The third-order valence-corrected chi connectivity index (χ3v) is 6.30. The number of carbonyl (C=O) groups excluding carboxylic acids is 2. The van der Waals surface area contributed by atoms with E-state index in [1.807, 2.05) is 24.3 Å². The van der Waals surface area contributed by atoms with E-state index in [9.17, 15) is 9.59 Å². The van der Waals surface area contributed by atoms with Crippen LogP contribution in [0.1, 0.15) is 27.6 Å². The highest BCUT2D eigenvalue weighted by Crippen LogP contribution is 2.37. The molecule has 7 nitrogen and oxygen atoms in total. The van der Waals surface area contributed by atoms with Crippen LogP contribution in [-0.4, -0.2) is 25.6 Å². The number of hydrogen-bond acceptors (Lipinski definition) is 7. The molecule has 0 saturated carbocycles. The molecule has 0 unspecified atom stereocenters. The number of methoxy groups -OCH3 is 1. The zero-order chi connectivity index (χ0) is 23.5. The highest BCUT2D eigenvalue weighted by atomic mass is 79.9. The predicted molar refractivity (Wildman–Crippen MR) is 130 cm³/mol. The number of nitrogens with one attached hydrogen (secondary N) is 2. The highest BCUT2D eigenvalue weighted by molar-refractivity contribution is 9.10. The van der Waals surface area contributed by atoms with Crippen LogP contribution in [0.2, 0.25) is 0 Å². The van der Waals surface area contributed by atoms with E-state index in [1.54, 1.807) is 36.6 Å². The Morgan fingerprint density at radius 1 is 1.18 bits per heavy atom. The summed E-state index contributed by atoms with van der Waals surface area (Å²) in [6, 6.07) is 14.3. The van der Waals surface area contributed by atoms with Gasteiger partial charge in [-0.15, -0.1) is 11.3 Å². The molecule has 4 rings (SSSR count). The number of amides is 1. The van der Waals surface area contributed by atoms with Gasteiger partial charge in [-0.25, -0.2) is 4.79 Å². The summed E-state index contributed by atoms with van der Waals surface area (Å²) in [6.07, 6.45) is 0. The molecule has 2 aromatic carbocycles. The minimum absolute atomic E-state index is 0.0316. The van der Waals surface area contributed by atoms with E-state index >= 15 is 0 Å². The number of anilines is 1. The van der Waals surface area contributed by atoms with Gasteiger partial charge in [0.05, 0.1) is 13.7 Å². The maximum Gasteiger partial charge on any atom is 0.341 e. The van der Waals surface area contributed by atoms with E-state index in [1.165, 1.54) is 18.4 Å². The second-order valence-electron chi connectivity index (χ2n) is 6.90. The number of halogens is 1. The van der Waals surface area contributed by atoms with Gasteiger partial charge in [0.1, 0.15) is 16.1 Å². The SMILES string of the molecule is CCOC(=O)c1c(-c2ccc(Br)cc2)csc1NC(=O)c1cc2cccc(OC)c2oc1=N. The molecule has 0 aliphatic heterocycles. The Kier molecular flexibility index (Phi) is 6.62. The minimum atomic E-state index is -0.566. The molecular weight excluding hydrogens is 508 g/mol. The Balaban J connectivity index is 1.74. The van der Waals surface area contributed by atoms with Gasteiger partial charge >= 0.3 is 5.97 Å². The Hall–Kier alpha value is -3.43. The first-order valence-electron chi connectivity index (χ1n) is 9.94. The third-order valence-electron chi connectivity index (χ3n) is 4.88. The van der Waals surface area contributed by atoms with Crippen LogP contribution < -0.4 is 15.6 Å². The monoisotopic (exact) mass is 526 g/mol. The minimum Gasteiger partial charge on any atom is -0.493 e. The van der Waals surface area contributed by atoms with Gasteiger partial charge in [0.15, 0.2) is 11.3 Å². The van der Waals surface area contributed by atoms with Gasteiger partial charge < -0.3 is 19.2 Å². The van der Waals surface area contributed by atoms with Crippen molar-refractivity contribution in [2.45, 2.75) is 6.92 Å². The van der Waals surface area contributed by atoms with Gasteiger partial charge in [-0.1, -0.05) is 40.2 Å². The second kappa shape index (κ2) is 9.60. The molecule has 0 spiro atoms. The summed E-state index contributed by atoms with van der Waals surface area (Å²) in [7, 11) is 1.51. The van der Waals surface area contributed by atoms with Crippen molar-refractivity contribution in [3.8, 4) is 16.9 Å². The first kappa shape index (κ1) is 22.8. The number of thiophene rings is 1. The fourth-order valence-corrected chi connectivity index (χ4v) is 4.55. The summed E-state index contributed by atoms with van der Waals surface area (Å²) in [4.78, 5) is 25.9.